The van der Waals surface area contributed by atoms with E-state index < -0.39 is 0 Å². The van der Waals surface area contributed by atoms with E-state index in [4.69, 9.17) is 17.3 Å². The quantitative estimate of drug-likeness (QED) is 0.543. The van der Waals surface area contributed by atoms with Crippen LogP contribution in [0, 0.1) is 0 Å². The fourth-order valence-electron chi connectivity index (χ4n) is 2.59. The second-order valence-electron chi connectivity index (χ2n) is 5.43. The highest BCUT2D eigenvalue weighted by atomic mass is 32.2. The predicted molar refractivity (Wildman–Crippen MR) is 106 cm³/mol. The lowest BCUT2D eigenvalue weighted by Crippen LogP contribution is -2.15. The van der Waals surface area contributed by atoms with Crippen LogP contribution in [0.3, 0.4) is 0 Å². The van der Waals surface area contributed by atoms with Crippen LogP contribution in [0.15, 0.2) is 71.8 Å². The Morgan fingerprint density at radius 2 is 1.72 bits per heavy atom. The molecule has 1 saturated heterocycles. The number of amides is 1. The van der Waals surface area contributed by atoms with Crippen molar-refractivity contribution in [3.63, 3.8) is 0 Å². The predicted octanol–water partition coefficient (Wildman–Crippen LogP) is 4.66. The summed E-state index contributed by atoms with van der Waals surface area (Å²) in [4.78, 5) is 12.7. The van der Waals surface area contributed by atoms with Gasteiger partial charge in [0, 0.05) is 17.3 Å². The lowest BCUT2D eigenvalue weighted by atomic mass is 10.1. The highest BCUT2D eigenvalue weighted by Crippen LogP contribution is 2.31. The molecule has 4 nitrogen and oxygen atoms in total. The van der Waals surface area contributed by atoms with Gasteiger partial charge in [-0.2, -0.15) is 5.10 Å². The van der Waals surface area contributed by atoms with Crippen LogP contribution in [0.2, 0.25) is 0 Å². The van der Waals surface area contributed by atoms with Crippen LogP contribution in [0.4, 0.5) is 4.79 Å². The second kappa shape index (κ2) is 6.66. The number of carbonyl (C=O) groups is 1. The van der Waals surface area contributed by atoms with Crippen molar-refractivity contribution in [3.05, 3.63) is 77.3 Å². The van der Waals surface area contributed by atoms with Gasteiger partial charge in [0.2, 0.25) is 0 Å². The molecule has 0 unspecified atom stereocenters. The number of nitrogens with zero attached hydrogens (tertiary/aromatic N) is 2. The Labute approximate surface area is 154 Å². The maximum absolute atomic E-state index is 11.5. The Balaban J connectivity index is 1.84. The van der Waals surface area contributed by atoms with Crippen molar-refractivity contribution in [2.45, 2.75) is 0 Å². The van der Waals surface area contributed by atoms with Crippen molar-refractivity contribution in [1.82, 2.24) is 15.1 Å². The Bertz CT molecular complexity index is 978. The Hall–Kier alpha value is -2.70. The molecule has 3 aromatic rings. The van der Waals surface area contributed by atoms with Gasteiger partial charge in [-0.05, 0) is 30.0 Å². The van der Waals surface area contributed by atoms with Crippen molar-refractivity contribution in [2.24, 2.45) is 0 Å². The standard InChI is InChI=1S/C19H13N3OS2/c23-19-20-18(24)16(25-19)11-14-12-22(15-9-5-2-6-10-15)21-17(14)13-7-3-1-4-8-13/h1-12H,(H,20,23,24). The van der Waals surface area contributed by atoms with Gasteiger partial charge in [0.25, 0.3) is 5.24 Å². The van der Waals surface area contributed by atoms with Gasteiger partial charge < -0.3 is 5.32 Å². The second-order valence-corrected chi connectivity index (χ2v) is 6.85. The Kier molecular flexibility index (Phi) is 4.21. The van der Waals surface area contributed by atoms with Gasteiger partial charge in [-0.15, -0.1) is 0 Å². The summed E-state index contributed by atoms with van der Waals surface area (Å²) in [5.74, 6) is 0. The fraction of sp³-hybridized carbons (Fsp3) is 0. The molecule has 1 aliphatic rings. The van der Waals surface area contributed by atoms with E-state index in [9.17, 15) is 4.79 Å². The molecule has 0 radical (unpaired) electrons. The van der Waals surface area contributed by atoms with Gasteiger partial charge in [-0.25, -0.2) is 4.68 Å². The average Bonchev–Trinajstić information content (AvgIpc) is 3.20. The van der Waals surface area contributed by atoms with Crippen LogP contribution in [-0.2, 0) is 0 Å². The van der Waals surface area contributed by atoms with Gasteiger partial charge in [-0.1, -0.05) is 60.7 Å². The number of nitrogens with one attached hydrogen (secondary N) is 1. The number of aromatic nitrogens is 2. The first-order valence-electron chi connectivity index (χ1n) is 7.66. The molecule has 0 spiro atoms. The molecule has 1 aromatic heterocycles. The lowest BCUT2D eigenvalue weighted by molar-refractivity contribution is 0.265. The summed E-state index contributed by atoms with van der Waals surface area (Å²) < 4.78 is 1.84. The number of para-hydroxylation sites is 1. The molecule has 1 fully saturated rings. The van der Waals surface area contributed by atoms with Crippen molar-refractivity contribution >= 4 is 40.3 Å². The summed E-state index contributed by atoms with van der Waals surface area (Å²) >= 11 is 6.34. The minimum atomic E-state index is -0.145. The van der Waals surface area contributed by atoms with E-state index >= 15 is 0 Å². The lowest BCUT2D eigenvalue weighted by Gasteiger charge is -2.00. The van der Waals surface area contributed by atoms with Gasteiger partial charge in [0.15, 0.2) is 0 Å². The largest absolute Gasteiger partial charge is 0.307 e. The zero-order valence-corrected chi connectivity index (χ0v) is 14.7. The SMILES string of the molecule is O=C1NC(=S)C(=Cc2cn(-c3ccccc3)nc2-c2ccccc2)S1. The van der Waals surface area contributed by atoms with Crippen LogP contribution in [0.25, 0.3) is 23.0 Å². The molecule has 0 aliphatic carbocycles. The summed E-state index contributed by atoms with van der Waals surface area (Å²) in [6, 6.07) is 19.9. The van der Waals surface area contributed by atoms with E-state index in [0.29, 0.717) is 4.99 Å². The van der Waals surface area contributed by atoms with E-state index in [1.54, 1.807) is 0 Å². The molecule has 1 aliphatic heterocycles. The van der Waals surface area contributed by atoms with Gasteiger partial charge in [0.1, 0.15) is 4.99 Å². The molecule has 25 heavy (non-hydrogen) atoms. The molecule has 6 heteroatoms. The van der Waals surface area contributed by atoms with E-state index in [-0.39, 0.29) is 5.24 Å². The molecule has 1 amide bonds. The van der Waals surface area contributed by atoms with Crippen molar-refractivity contribution in [2.75, 3.05) is 0 Å². The number of carbonyl (C=O) groups excluding carboxylic acids is 1. The van der Waals surface area contributed by atoms with E-state index in [1.807, 2.05) is 77.6 Å². The third kappa shape index (κ3) is 3.26. The monoisotopic (exact) mass is 363 g/mol. The fourth-order valence-corrected chi connectivity index (χ4v) is 3.61. The molecule has 1 N–H and O–H groups in total. The molecule has 0 atom stereocenters. The number of rotatable bonds is 3. The maximum Gasteiger partial charge on any atom is 0.289 e. The number of benzene rings is 2. The average molecular weight is 363 g/mol. The zero-order valence-electron chi connectivity index (χ0n) is 13.0. The first-order chi connectivity index (χ1) is 12.2. The minimum Gasteiger partial charge on any atom is -0.307 e. The van der Waals surface area contributed by atoms with E-state index in [0.717, 1.165) is 39.2 Å². The van der Waals surface area contributed by atoms with Crippen LogP contribution in [-0.4, -0.2) is 20.0 Å². The first-order valence-corrected chi connectivity index (χ1v) is 8.88. The number of thioether (sulfide) groups is 1. The van der Waals surface area contributed by atoms with Crippen LogP contribution in [0.1, 0.15) is 5.56 Å². The molecular formula is C19H13N3OS2. The van der Waals surface area contributed by atoms with Gasteiger partial charge in [-0.3, -0.25) is 4.79 Å². The van der Waals surface area contributed by atoms with Crippen LogP contribution in [0.5, 0.6) is 0 Å². The topological polar surface area (TPSA) is 46.9 Å². The highest BCUT2D eigenvalue weighted by Gasteiger charge is 2.22. The summed E-state index contributed by atoms with van der Waals surface area (Å²) in [6.07, 6.45) is 3.87. The maximum atomic E-state index is 11.5. The number of hydrogen-bond acceptors (Lipinski definition) is 4. The zero-order chi connectivity index (χ0) is 17.2. The van der Waals surface area contributed by atoms with Crippen molar-refractivity contribution in [1.29, 1.82) is 0 Å². The van der Waals surface area contributed by atoms with Crippen molar-refractivity contribution < 1.29 is 4.79 Å². The summed E-state index contributed by atoms with van der Waals surface area (Å²) in [5, 5.41) is 7.25. The Morgan fingerprint density at radius 3 is 2.36 bits per heavy atom. The molecule has 2 heterocycles. The normalized spacial score (nSPS) is 15.6. The smallest absolute Gasteiger partial charge is 0.289 e. The summed E-state index contributed by atoms with van der Waals surface area (Å²) in [6.45, 7) is 0. The van der Waals surface area contributed by atoms with Crippen LogP contribution < -0.4 is 5.32 Å². The summed E-state index contributed by atoms with van der Waals surface area (Å²) in [7, 11) is 0. The molecule has 4 rings (SSSR count). The molecule has 122 valence electrons. The molecule has 0 saturated carbocycles. The highest BCUT2D eigenvalue weighted by molar-refractivity contribution is 8.19. The van der Waals surface area contributed by atoms with E-state index in [1.165, 1.54) is 0 Å². The third-order valence-corrected chi connectivity index (χ3v) is 5.02. The minimum absolute atomic E-state index is 0.145. The number of hydrogen-bond donors (Lipinski definition) is 1. The first kappa shape index (κ1) is 15.8. The van der Waals surface area contributed by atoms with Crippen molar-refractivity contribution in [3.8, 4) is 16.9 Å². The molecule has 0 bridgehead atoms. The Morgan fingerprint density at radius 1 is 1.04 bits per heavy atom. The summed E-state index contributed by atoms with van der Waals surface area (Å²) in [5.41, 5.74) is 3.74. The van der Waals surface area contributed by atoms with Gasteiger partial charge in [0.05, 0.1) is 16.3 Å². The molecule has 2 aromatic carbocycles. The van der Waals surface area contributed by atoms with Crippen LogP contribution >= 0.6 is 24.0 Å². The number of thiocarbonyl (C=S) groups is 1. The third-order valence-electron chi connectivity index (χ3n) is 3.74. The van der Waals surface area contributed by atoms with E-state index in [2.05, 4.69) is 5.32 Å². The molecular weight excluding hydrogens is 350 g/mol. The van der Waals surface area contributed by atoms with Gasteiger partial charge >= 0.3 is 0 Å².